The van der Waals surface area contributed by atoms with Gasteiger partial charge in [-0.3, -0.25) is 4.79 Å². The van der Waals surface area contributed by atoms with Gasteiger partial charge in [0, 0.05) is 12.1 Å². The Morgan fingerprint density at radius 2 is 1.96 bits per heavy atom. The molecular formula is C21H29NO5. The van der Waals surface area contributed by atoms with Crippen LogP contribution >= 0.6 is 0 Å². The minimum absolute atomic E-state index is 0.218. The Morgan fingerprint density at radius 1 is 1.22 bits per heavy atom. The van der Waals surface area contributed by atoms with Gasteiger partial charge in [0.15, 0.2) is 18.1 Å². The molecule has 1 aliphatic rings. The fraction of sp³-hybridized carbons (Fsp3) is 0.524. The van der Waals surface area contributed by atoms with Gasteiger partial charge in [-0.2, -0.15) is 0 Å². The van der Waals surface area contributed by atoms with Crippen LogP contribution in [0.3, 0.4) is 0 Å². The van der Waals surface area contributed by atoms with Crippen LogP contribution in [0.4, 0.5) is 0 Å². The Bertz CT molecular complexity index is 663. The highest BCUT2D eigenvalue weighted by atomic mass is 16.5. The summed E-state index contributed by atoms with van der Waals surface area (Å²) in [5.41, 5.74) is 0.774. The van der Waals surface area contributed by atoms with Crippen molar-refractivity contribution in [3.8, 4) is 11.5 Å². The number of esters is 1. The Morgan fingerprint density at radius 3 is 2.63 bits per heavy atom. The third kappa shape index (κ3) is 7.33. The number of amides is 1. The van der Waals surface area contributed by atoms with Crippen LogP contribution in [0.5, 0.6) is 11.5 Å². The van der Waals surface area contributed by atoms with Crippen LogP contribution in [-0.2, 0) is 14.3 Å². The molecule has 0 saturated heterocycles. The average Bonchev–Trinajstić information content (AvgIpc) is 3.16. The first-order valence-corrected chi connectivity index (χ1v) is 9.43. The number of carbonyl (C=O) groups is 2. The van der Waals surface area contributed by atoms with Crippen LogP contribution in [-0.4, -0.2) is 38.2 Å². The number of rotatable bonds is 9. The molecule has 0 unspecified atom stereocenters. The van der Waals surface area contributed by atoms with Crippen LogP contribution < -0.4 is 14.8 Å². The van der Waals surface area contributed by atoms with E-state index >= 15 is 0 Å². The lowest BCUT2D eigenvalue weighted by atomic mass is 10.2. The van der Waals surface area contributed by atoms with Crippen LogP contribution in [0, 0.1) is 5.92 Å². The zero-order valence-electron chi connectivity index (χ0n) is 16.3. The zero-order chi connectivity index (χ0) is 19.6. The van der Waals surface area contributed by atoms with Gasteiger partial charge in [0.1, 0.15) is 0 Å². The van der Waals surface area contributed by atoms with Crippen LogP contribution in [0.25, 0.3) is 6.08 Å². The lowest BCUT2D eigenvalue weighted by Gasteiger charge is -2.12. The molecule has 6 nitrogen and oxygen atoms in total. The number of nitrogens with one attached hydrogen (secondary N) is 1. The fourth-order valence-corrected chi connectivity index (χ4v) is 2.85. The summed E-state index contributed by atoms with van der Waals surface area (Å²) in [5.74, 6) is 0.860. The molecule has 1 fully saturated rings. The van der Waals surface area contributed by atoms with E-state index in [0.29, 0.717) is 24.0 Å². The van der Waals surface area contributed by atoms with Crippen molar-refractivity contribution in [3.63, 3.8) is 0 Å². The lowest BCUT2D eigenvalue weighted by Crippen LogP contribution is -2.35. The second-order valence-corrected chi connectivity index (χ2v) is 7.11. The predicted molar refractivity (Wildman–Crippen MR) is 104 cm³/mol. The van der Waals surface area contributed by atoms with E-state index in [-0.39, 0.29) is 18.6 Å². The number of benzene rings is 1. The largest absolute Gasteiger partial charge is 0.493 e. The molecule has 0 aromatic heterocycles. The number of ether oxygens (including phenoxy) is 3. The third-order valence-electron chi connectivity index (χ3n) is 4.24. The van der Waals surface area contributed by atoms with Gasteiger partial charge in [-0.15, -0.1) is 0 Å². The zero-order valence-corrected chi connectivity index (χ0v) is 16.3. The highest BCUT2D eigenvalue weighted by Crippen LogP contribution is 2.29. The summed E-state index contributed by atoms with van der Waals surface area (Å²) in [4.78, 5) is 23.6. The first-order valence-electron chi connectivity index (χ1n) is 9.43. The molecule has 2 rings (SSSR count). The molecular weight excluding hydrogens is 346 g/mol. The van der Waals surface area contributed by atoms with Crippen LogP contribution in [0.1, 0.15) is 45.1 Å². The quantitative estimate of drug-likeness (QED) is 0.529. The molecule has 1 N–H and O–H groups in total. The van der Waals surface area contributed by atoms with Crippen LogP contribution in [0.15, 0.2) is 24.3 Å². The minimum Gasteiger partial charge on any atom is -0.493 e. The summed E-state index contributed by atoms with van der Waals surface area (Å²) in [6, 6.07) is 5.64. The summed E-state index contributed by atoms with van der Waals surface area (Å²) >= 11 is 0. The maximum absolute atomic E-state index is 11.8. The van der Waals surface area contributed by atoms with Crippen LogP contribution in [0.2, 0.25) is 0 Å². The average molecular weight is 375 g/mol. The highest BCUT2D eigenvalue weighted by Gasteiger charge is 2.17. The normalized spacial score (nSPS) is 14.5. The van der Waals surface area contributed by atoms with E-state index in [1.807, 2.05) is 6.07 Å². The second kappa shape index (κ2) is 10.6. The topological polar surface area (TPSA) is 73.9 Å². The Balaban J connectivity index is 1.82. The number of hydrogen-bond donors (Lipinski definition) is 1. The van der Waals surface area contributed by atoms with E-state index in [2.05, 4.69) is 19.2 Å². The number of methoxy groups -OCH3 is 1. The molecule has 148 valence electrons. The van der Waals surface area contributed by atoms with Gasteiger partial charge in [0.2, 0.25) is 0 Å². The van der Waals surface area contributed by atoms with Gasteiger partial charge in [0.25, 0.3) is 5.91 Å². The SMILES string of the molecule is COc1cc(/C=C/C(=O)OCC(=O)NC2CCCC2)ccc1OCC(C)C. The monoisotopic (exact) mass is 375 g/mol. The molecule has 1 saturated carbocycles. The van der Waals surface area contributed by atoms with Crippen molar-refractivity contribution in [1.29, 1.82) is 0 Å². The molecule has 1 aromatic rings. The Hall–Kier alpha value is -2.50. The van der Waals surface area contributed by atoms with Crippen molar-refractivity contribution in [3.05, 3.63) is 29.8 Å². The van der Waals surface area contributed by atoms with Gasteiger partial charge in [-0.1, -0.05) is 32.8 Å². The third-order valence-corrected chi connectivity index (χ3v) is 4.24. The molecule has 6 heteroatoms. The van der Waals surface area contributed by atoms with Gasteiger partial charge in [0.05, 0.1) is 13.7 Å². The summed E-state index contributed by atoms with van der Waals surface area (Å²) in [7, 11) is 1.57. The highest BCUT2D eigenvalue weighted by molar-refractivity contribution is 5.89. The molecule has 0 bridgehead atoms. The second-order valence-electron chi connectivity index (χ2n) is 7.11. The predicted octanol–water partition coefficient (Wildman–Crippen LogP) is 3.35. The summed E-state index contributed by atoms with van der Waals surface area (Å²) in [6.07, 6.45) is 7.19. The molecule has 0 atom stereocenters. The van der Waals surface area contributed by atoms with Gasteiger partial charge < -0.3 is 19.5 Å². The molecule has 1 amide bonds. The van der Waals surface area contributed by atoms with E-state index in [1.54, 1.807) is 25.3 Å². The van der Waals surface area contributed by atoms with E-state index in [1.165, 1.54) is 6.08 Å². The van der Waals surface area contributed by atoms with Crippen molar-refractivity contribution in [2.45, 2.75) is 45.6 Å². The van der Waals surface area contributed by atoms with Gasteiger partial charge >= 0.3 is 5.97 Å². The lowest BCUT2D eigenvalue weighted by molar-refractivity contribution is -0.144. The van der Waals surface area contributed by atoms with E-state index < -0.39 is 5.97 Å². The maximum atomic E-state index is 11.8. The van der Waals surface area contributed by atoms with E-state index in [0.717, 1.165) is 31.2 Å². The van der Waals surface area contributed by atoms with E-state index in [4.69, 9.17) is 14.2 Å². The first kappa shape index (κ1) is 20.8. The fourth-order valence-electron chi connectivity index (χ4n) is 2.85. The van der Waals surface area contributed by atoms with Crippen molar-refractivity contribution >= 4 is 18.0 Å². The van der Waals surface area contributed by atoms with Crippen molar-refractivity contribution in [1.82, 2.24) is 5.32 Å². The van der Waals surface area contributed by atoms with Crippen molar-refractivity contribution in [2.24, 2.45) is 5.92 Å². The molecule has 1 aromatic carbocycles. The molecule has 0 aliphatic heterocycles. The molecule has 0 spiro atoms. The Kier molecular flexibility index (Phi) is 8.17. The van der Waals surface area contributed by atoms with Gasteiger partial charge in [-0.25, -0.2) is 4.79 Å². The molecule has 1 aliphatic carbocycles. The summed E-state index contributed by atoms with van der Waals surface area (Å²) in [6.45, 7) is 4.48. The molecule has 0 heterocycles. The molecule has 0 radical (unpaired) electrons. The Labute approximate surface area is 160 Å². The standard InChI is InChI=1S/C21H29NO5/c1-15(2)13-26-18-10-8-16(12-19(18)25-3)9-11-21(24)27-14-20(23)22-17-6-4-5-7-17/h8-12,15,17H,4-7,13-14H2,1-3H3,(H,22,23)/b11-9+. The summed E-state index contributed by atoms with van der Waals surface area (Å²) in [5, 5.41) is 2.88. The minimum atomic E-state index is -0.560. The van der Waals surface area contributed by atoms with Crippen molar-refractivity contribution in [2.75, 3.05) is 20.3 Å². The van der Waals surface area contributed by atoms with Gasteiger partial charge in [-0.05, 0) is 42.5 Å². The summed E-state index contributed by atoms with van der Waals surface area (Å²) < 4.78 is 16.0. The number of hydrogen-bond acceptors (Lipinski definition) is 5. The van der Waals surface area contributed by atoms with Crippen molar-refractivity contribution < 1.29 is 23.8 Å². The van der Waals surface area contributed by atoms with E-state index in [9.17, 15) is 9.59 Å². The number of carbonyl (C=O) groups excluding carboxylic acids is 2. The smallest absolute Gasteiger partial charge is 0.331 e. The molecule has 27 heavy (non-hydrogen) atoms. The maximum Gasteiger partial charge on any atom is 0.331 e. The first-order chi connectivity index (χ1) is 13.0.